The number of para-hydroxylation sites is 1. The molecule has 8 nitrogen and oxygen atoms in total. The van der Waals surface area contributed by atoms with Gasteiger partial charge < -0.3 is 29.9 Å². The van der Waals surface area contributed by atoms with Crippen LogP contribution in [0.4, 0.5) is 0 Å². The topological polar surface area (TPSA) is 128 Å². The van der Waals surface area contributed by atoms with Gasteiger partial charge in [-0.2, -0.15) is 0 Å². The Balaban J connectivity index is 1.99. The molecular formula is C20H25NO7. The van der Waals surface area contributed by atoms with Gasteiger partial charge in [0.15, 0.2) is 11.5 Å². The molecule has 0 saturated heterocycles. The van der Waals surface area contributed by atoms with E-state index in [0.29, 0.717) is 12.2 Å². The maximum atomic E-state index is 11.9. The van der Waals surface area contributed by atoms with Crippen LogP contribution in [-0.2, 0) is 4.79 Å². The third-order valence-electron chi connectivity index (χ3n) is 4.00. The van der Waals surface area contributed by atoms with E-state index in [1.807, 2.05) is 6.92 Å². The molecular weight excluding hydrogens is 366 g/mol. The maximum Gasteiger partial charge on any atom is 0.363 e. The van der Waals surface area contributed by atoms with E-state index in [1.165, 1.54) is 18.2 Å². The summed E-state index contributed by atoms with van der Waals surface area (Å²) in [6.07, 6.45) is -0.298. The Kier molecular flexibility index (Phi) is 7.48. The predicted molar refractivity (Wildman–Crippen MR) is 102 cm³/mol. The summed E-state index contributed by atoms with van der Waals surface area (Å²) >= 11 is 0. The third-order valence-corrected chi connectivity index (χ3v) is 4.00. The van der Waals surface area contributed by atoms with Crippen LogP contribution in [0.1, 0.15) is 19.8 Å². The van der Waals surface area contributed by atoms with E-state index in [4.69, 9.17) is 9.47 Å². The number of carboxylic acid groups (broad SMARTS) is 1. The van der Waals surface area contributed by atoms with Crippen molar-refractivity contribution in [2.24, 2.45) is 0 Å². The van der Waals surface area contributed by atoms with Crippen molar-refractivity contribution in [3.8, 4) is 23.0 Å². The molecule has 2 aromatic carbocycles. The highest BCUT2D eigenvalue weighted by molar-refractivity contribution is 5.77. The lowest BCUT2D eigenvalue weighted by atomic mass is 10.1. The van der Waals surface area contributed by atoms with Crippen molar-refractivity contribution in [3.63, 3.8) is 0 Å². The first-order chi connectivity index (χ1) is 13.4. The monoisotopic (exact) mass is 391 g/mol. The summed E-state index contributed by atoms with van der Waals surface area (Å²) in [6.45, 7) is 1.60. The van der Waals surface area contributed by atoms with E-state index in [-0.39, 0.29) is 36.8 Å². The van der Waals surface area contributed by atoms with E-state index in [9.17, 15) is 25.2 Å². The molecule has 2 atom stereocenters. The molecule has 2 rings (SSSR count). The van der Waals surface area contributed by atoms with Crippen molar-refractivity contribution >= 4 is 5.97 Å². The second-order valence-electron chi connectivity index (χ2n) is 6.29. The molecule has 0 amide bonds. The van der Waals surface area contributed by atoms with E-state index >= 15 is 0 Å². The highest BCUT2D eigenvalue weighted by Gasteiger charge is 2.40. The van der Waals surface area contributed by atoms with Crippen molar-refractivity contribution in [2.45, 2.75) is 31.6 Å². The minimum atomic E-state index is -1.69. The van der Waals surface area contributed by atoms with Crippen LogP contribution < -0.4 is 14.8 Å². The molecule has 0 heterocycles. The van der Waals surface area contributed by atoms with E-state index in [2.05, 4.69) is 5.32 Å². The molecule has 0 bridgehead atoms. The molecule has 2 unspecified atom stereocenters. The lowest BCUT2D eigenvalue weighted by Gasteiger charge is -2.32. The largest absolute Gasteiger partial charge is 0.504 e. The summed E-state index contributed by atoms with van der Waals surface area (Å²) in [5.74, 6) is -1.15. The lowest BCUT2D eigenvalue weighted by molar-refractivity contribution is -0.160. The Labute approximate surface area is 163 Å². The number of rotatable bonds is 11. The van der Waals surface area contributed by atoms with Crippen LogP contribution in [0.15, 0.2) is 48.5 Å². The summed E-state index contributed by atoms with van der Waals surface area (Å²) in [4.78, 5) is 11.9. The van der Waals surface area contributed by atoms with Gasteiger partial charge in [0.25, 0.3) is 5.72 Å². The number of phenols is 2. The normalized spacial score (nSPS) is 14.1. The summed E-state index contributed by atoms with van der Waals surface area (Å²) in [5, 5.41) is 41.4. The Morgan fingerprint density at radius 3 is 2.43 bits per heavy atom. The Hall–Kier alpha value is -2.97. The van der Waals surface area contributed by atoms with Crippen molar-refractivity contribution in [1.29, 1.82) is 0 Å². The van der Waals surface area contributed by atoms with Gasteiger partial charge in [0.2, 0.25) is 0 Å². The van der Waals surface area contributed by atoms with Crippen molar-refractivity contribution in [3.05, 3.63) is 48.5 Å². The number of phenolic OH excluding ortho intramolecular Hbond substituents is 2. The molecule has 0 aliphatic heterocycles. The highest BCUT2D eigenvalue weighted by atomic mass is 16.5. The minimum absolute atomic E-state index is 0.0940. The SMILES string of the molecule is CCCC(NCC(O)COc1ccc(O)c(O)c1)(Oc1ccccc1)C(=O)O. The number of ether oxygens (including phenoxy) is 2. The van der Waals surface area contributed by atoms with Gasteiger partial charge >= 0.3 is 5.97 Å². The van der Waals surface area contributed by atoms with Crippen LogP contribution in [0.3, 0.4) is 0 Å². The van der Waals surface area contributed by atoms with Crippen LogP contribution in [0.25, 0.3) is 0 Å². The van der Waals surface area contributed by atoms with Gasteiger partial charge in [0, 0.05) is 19.0 Å². The number of hydrogen-bond donors (Lipinski definition) is 5. The molecule has 0 radical (unpaired) electrons. The number of aliphatic hydroxyl groups is 1. The van der Waals surface area contributed by atoms with Gasteiger partial charge in [0.1, 0.15) is 24.2 Å². The summed E-state index contributed by atoms with van der Waals surface area (Å²) in [6, 6.07) is 12.5. The fourth-order valence-electron chi connectivity index (χ4n) is 2.57. The van der Waals surface area contributed by atoms with Crippen LogP contribution in [0.2, 0.25) is 0 Å². The Morgan fingerprint density at radius 1 is 1.11 bits per heavy atom. The smallest absolute Gasteiger partial charge is 0.363 e. The quantitative estimate of drug-likeness (QED) is 0.291. The van der Waals surface area contributed by atoms with Crippen molar-refractivity contribution in [1.82, 2.24) is 5.32 Å². The zero-order valence-electron chi connectivity index (χ0n) is 15.5. The Bertz CT molecular complexity index is 768. The number of nitrogens with one attached hydrogen (secondary N) is 1. The number of hydrogen-bond acceptors (Lipinski definition) is 7. The first kappa shape index (κ1) is 21.3. The molecule has 5 N–H and O–H groups in total. The molecule has 0 fully saturated rings. The second kappa shape index (κ2) is 9.82. The van der Waals surface area contributed by atoms with Crippen LogP contribution in [0.5, 0.6) is 23.0 Å². The number of benzene rings is 2. The fourth-order valence-corrected chi connectivity index (χ4v) is 2.57. The van der Waals surface area contributed by atoms with Gasteiger partial charge in [-0.15, -0.1) is 0 Å². The minimum Gasteiger partial charge on any atom is -0.504 e. The molecule has 0 aromatic heterocycles. The summed E-state index contributed by atoms with van der Waals surface area (Å²) < 4.78 is 11.1. The molecule has 28 heavy (non-hydrogen) atoms. The van der Waals surface area contributed by atoms with E-state index in [1.54, 1.807) is 30.3 Å². The zero-order chi connectivity index (χ0) is 20.6. The first-order valence-corrected chi connectivity index (χ1v) is 8.91. The summed E-state index contributed by atoms with van der Waals surface area (Å²) in [7, 11) is 0. The fraction of sp³-hybridized carbons (Fsp3) is 0.350. The predicted octanol–water partition coefficient (Wildman–Crippen LogP) is 2.09. The molecule has 0 aliphatic carbocycles. The Morgan fingerprint density at radius 2 is 1.82 bits per heavy atom. The lowest BCUT2D eigenvalue weighted by Crippen LogP contribution is -2.58. The first-order valence-electron chi connectivity index (χ1n) is 8.91. The van der Waals surface area contributed by atoms with Crippen molar-refractivity contribution in [2.75, 3.05) is 13.2 Å². The third kappa shape index (κ3) is 5.77. The second-order valence-corrected chi connectivity index (χ2v) is 6.29. The van der Waals surface area contributed by atoms with Crippen LogP contribution in [-0.4, -0.2) is 51.4 Å². The zero-order valence-corrected chi connectivity index (χ0v) is 15.5. The standard InChI is InChI=1S/C20H25NO7/c1-2-10-20(19(25)26,28-15-6-4-3-5-7-15)21-12-14(22)13-27-16-8-9-17(23)18(24)11-16/h3-9,11,14,21-24H,2,10,12-13H2,1H3,(H,25,26). The molecule has 0 spiro atoms. The van der Waals surface area contributed by atoms with Crippen LogP contribution >= 0.6 is 0 Å². The number of aromatic hydroxyl groups is 2. The number of aliphatic hydroxyl groups excluding tert-OH is 1. The number of aliphatic carboxylic acids is 1. The van der Waals surface area contributed by atoms with Gasteiger partial charge in [-0.05, 0) is 24.3 Å². The van der Waals surface area contributed by atoms with Crippen LogP contribution in [0, 0.1) is 0 Å². The van der Waals surface area contributed by atoms with Gasteiger partial charge in [-0.1, -0.05) is 31.5 Å². The van der Waals surface area contributed by atoms with E-state index < -0.39 is 17.8 Å². The van der Waals surface area contributed by atoms with Gasteiger partial charge in [0.05, 0.1) is 0 Å². The average Bonchev–Trinajstić information content (AvgIpc) is 2.68. The molecule has 152 valence electrons. The average molecular weight is 391 g/mol. The number of carbonyl (C=O) groups is 1. The highest BCUT2D eigenvalue weighted by Crippen LogP contribution is 2.28. The molecule has 8 heteroatoms. The number of carboxylic acids is 1. The maximum absolute atomic E-state index is 11.9. The molecule has 2 aromatic rings. The summed E-state index contributed by atoms with van der Waals surface area (Å²) in [5.41, 5.74) is -1.69. The van der Waals surface area contributed by atoms with Crippen molar-refractivity contribution < 1.29 is 34.7 Å². The molecule has 0 aliphatic rings. The van der Waals surface area contributed by atoms with E-state index in [0.717, 1.165) is 0 Å². The van der Waals surface area contributed by atoms with Gasteiger partial charge in [-0.25, -0.2) is 4.79 Å². The molecule has 0 saturated carbocycles. The van der Waals surface area contributed by atoms with Gasteiger partial charge in [-0.3, -0.25) is 5.32 Å².